The summed E-state index contributed by atoms with van der Waals surface area (Å²) in [5.41, 5.74) is 2.50. The molecule has 0 aromatic heterocycles. The van der Waals surface area contributed by atoms with Crippen LogP contribution in [0.1, 0.15) is 5.56 Å². The zero-order valence-electron chi connectivity index (χ0n) is 12.9. The van der Waals surface area contributed by atoms with Crippen LogP contribution in [-0.4, -0.2) is 86.8 Å². The molecule has 0 spiro atoms. The molecule has 0 aliphatic heterocycles. The summed E-state index contributed by atoms with van der Waals surface area (Å²) in [5, 5.41) is 3.69. The number of carbonyl (C=O) groups excluding carboxylic acids is 1. The van der Waals surface area contributed by atoms with Gasteiger partial charge in [0, 0.05) is 35.1 Å². The Kier molecular flexibility index (Phi) is 10.4. The van der Waals surface area contributed by atoms with Gasteiger partial charge in [-0.3, -0.25) is 9.35 Å². The molecule has 119 valence electrons. The molecule has 0 atom stereocenters. The van der Waals surface area contributed by atoms with Crippen LogP contribution in [-0.2, 0) is 14.9 Å². The standard InChI is InChI=1S/C12H17N3O4S.ClH.Na/c1-15(2,3)9-12(16)14-13-8-10-6-4-5-7-11(10)20(17,18)19;;/h4-8H,9H2,1-3H3,(H-,14,16,17,18,19);1H;. The number of benzene rings is 1. The van der Waals surface area contributed by atoms with Crippen molar-refractivity contribution in [1.29, 1.82) is 0 Å². The molecule has 0 fully saturated rings. The maximum absolute atomic E-state index is 11.5. The molecule has 0 bridgehead atoms. The van der Waals surface area contributed by atoms with Crippen molar-refractivity contribution >= 4 is 51.8 Å². The van der Waals surface area contributed by atoms with E-state index in [0.717, 1.165) is 0 Å². The Morgan fingerprint density at radius 3 is 2.36 bits per heavy atom. The molecular weight excluding hydrogens is 341 g/mol. The average Bonchev–Trinajstić information content (AvgIpc) is 2.25. The minimum absolute atomic E-state index is 0. The van der Waals surface area contributed by atoms with Gasteiger partial charge in [-0.25, -0.2) is 5.43 Å². The number of likely N-dealkylation sites (N-methyl/N-ethyl adjacent to an activating group) is 1. The molecule has 1 aromatic carbocycles. The Balaban J connectivity index is 0. The van der Waals surface area contributed by atoms with Crippen LogP contribution in [0.25, 0.3) is 0 Å². The first kappa shape index (κ1) is 23.8. The third-order valence-electron chi connectivity index (χ3n) is 2.21. The molecule has 0 heterocycles. The van der Waals surface area contributed by atoms with E-state index in [1.165, 1.54) is 24.4 Å². The van der Waals surface area contributed by atoms with Crippen LogP contribution in [0, 0.1) is 0 Å². The molecule has 2 N–H and O–H groups in total. The fraction of sp³-hybridized carbons (Fsp3) is 0.333. The van der Waals surface area contributed by atoms with E-state index >= 15 is 0 Å². The number of nitrogens with zero attached hydrogens (tertiary/aromatic N) is 2. The smallest absolute Gasteiger partial charge is 0.295 e. The van der Waals surface area contributed by atoms with Gasteiger partial charge in [-0.05, 0) is 6.07 Å². The van der Waals surface area contributed by atoms with Crippen molar-refractivity contribution in [2.24, 2.45) is 5.10 Å². The van der Waals surface area contributed by atoms with Crippen LogP contribution < -0.4 is 17.8 Å². The van der Waals surface area contributed by atoms with Crippen LogP contribution >= 0.6 is 0 Å². The van der Waals surface area contributed by atoms with E-state index in [-0.39, 0.29) is 64.9 Å². The molecular formula is C12H18ClN3NaO4S. The van der Waals surface area contributed by atoms with Gasteiger partial charge in [0.05, 0.1) is 27.4 Å². The number of rotatable bonds is 5. The van der Waals surface area contributed by atoms with E-state index in [9.17, 15) is 13.2 Å². The molecule has 22 heavy (non-hydrogen) atoms. The van der Waals surface area contributed by atoms with Gasteiger partial charge in [0.1, 0.15) is 4.90 Å². The summed E-state index contributed by atoms with van der Waals surface area (Å²) >= 11 is 0. The van der Waals surface area contributed by atoms with Crippen LogP contribution in [0.15, 0.2) is 34.3 Å². The summed E-state index contributed by atoms with van der Waals surface area (Å²) in [6, 6.07) is 5.81. The Labute approximate surface area is 158 Å². The summed E-state index contributed by atoms with van der Waals surface area (Å²) < 4.78 is 31.8. The topological polar surface area (TPSA) is 95.8 Å². The average molecular weight is 359 g/mol. The molecule has 0 unspecified atom stereocenters. The van der Waals surface area contributed by atoms with Crippen LogP contribution in [0.2, 0.25) is 0 Å². The third kappa shape index (κ3) is 8.84. The number of hydrogen-bond acceptors (Lipinski definition) is 4. The first-order valence-electron chi connectivity index (χ1n) is 5.78. The molecule has 1 radical (unpaired) electrons. The molecule has 0 aliphatic carbocycles. The fourth-order valence-electron chi connectivity index (χ4n) is 1.46. The van der Waals surface area contributed by atoms with E-state index in [1.54, 1.807) is 6.07 Å². The molecule has 0 saturated heterocycles. The second kappa shape index (κ2) is 9.61. The molecule has 1 rings (SSSR count). The minimum Gasteiger partial charge on any atom is -1.00 e. The second-order valence-corrected chi connectivity index (χ2v) is 6.64. The first-order chi connectivity index (χ1) is 9.09. The van der Waals surface area contributed by atoms with Gasteiger partial charge in [0.2, 0.25) is 0 Å². The summed E-state index contributed by atoms with van der Waals surface area (Å²) in [4.78, 5) is 11.3. The van der Waals surface area contributed by atoms with E-state index in [2.05, 4.69) is 10.5 Å². The van der Waals surface area contributed by atoms with Crippen molar-refractivity contribution in [3.63, 3.8) is 0 Å². The minimum atomic E-state index is -4.32. The molecule has 7 nitrogen and oxygen atoms in total. The van der Waals surface area contributed by atoms with Gasteiger partial charge in [0.25, 0.3) is 16.0 Å². The van der Waals surface area contributed by atoms with Gasteiger partial charge in [-0.2, -0.15) is 13.5 Å². The fourth-order valence-corrected chi connectivity index (χ4v) is 2.13. The number of hydrazone groups is 1. The number of hydrogen-bond donors (Lipinski definition) is 2. The van der Waals surface area contributed by atoms with Gasteiger partial charge < -0.3 is 16.9 Å². The van der Waals surface area contributed by atoms with Crippen molar-refractivity contribution in [2.45, 2.75) is 4.90 Å². The number of amides is 1. The quantitative estimate of drug-likeness (QED) is 0.190. The van der Waals surface area contributed by atoms with Gasteiger partial charge in [-0.1, -0.05) is 18.2 Å². The third-order valence-corrected chi connectivity index (χ3v) is 3.14. The number of nitrogens with one attached hydrogen (secondary N) is 1. The van der Waals surface area contributed by atoms with E-state index in [0.29, 0.717) is 4.48 Å². The first-order valence-corrected chi connectivity index (χ1v) is 7.22. The molecule has 0 aliphatic rings. The maximum atomic E-state index is 11.5. The number of halogens is 1. The van der Waals surface area contributed by atoms with E-state index < -0.39 is 10.1 Å². The summed E-state index contributed by atoms with van der Waals surface area (Å²) in [5.74, 6) is -0.293. The van der Waals surface area contributed by atoms with Gasteiger partial charge in [0.15, 0.2) is 6.54 Å². The van der Waals surface area contributed by atoms with Crippen LogP contribution in [0.3, 0.4) is 0 Å². The summed E-state index contributed by atoms with van der Waals surface area (Å²) in [6.07, 6.45) is 1.18. The predicted molar refractivity (Wildman–Crippen MR) is 80.6 cm³/mol. The van der Waals surface area contributed by atoms with Crippen LogP contribution in [0.5, 0.6) is 0 Å². The Morgan fingerprint density at radius 2 is 1.86 bits per heavy atom. The van der Waals surface area contributed by atoms with Gasteiger partial charge in [-0.15, -0.1) is 0 Å². The Hall–Kier alpha value is -0.480. The summed E-state index contributed by atoms with van der Waals surface area (Å²) in [7, 11) is 1.25. The Bertz CT molecular complexity index is 630. The molecule has 10 heteroatoms. The zero-order valence-corrected chi connectivity index (χ0v) is 16.5. The summed E-state index contributed by atoms with van der Waals surface area (Å²) in [6.45, 7) is 0.233. The van der Waals surface area contributed by atoms with Crippen molar-refractivity contribution in [3.8, 4) is 0 Å². The maximum Gasteiger partial charge on any atom is 0.295 e. The van der Waals surface area contributed by atoms with Crippen LogP contribution in [0.4, 0.5) is 0 Å². The molecule has 1 amide bonds. The van der Waals surface area contributed by atoms with Crippen molar-refractivity contribution in [2.75, 3.05) is 27.7 Å². The zero-order chi connectivity index (χ0) is 15.4. The van der Waals surface area contributed by atoms with E-state index in [4.69, 9.17) is 4.55 Å². The van der Waals surface area contributed by atoms with Crippen molar-refractivity contribution < 1.29 is 34.7 Å². The van der Waals surface area contributed by atoms with E-state index in [1.807, 2.05) is 21.1 Å². The Morgan fingerprint density at radius 1 is 1.32 bits per heavy atom. The molecule has 0 saturated carbocycles. The van der Waals surface area contributed by atoms with Crippen molar-refractivity contribution in [3.05, 3.63) is 29.8 Å². The predicted octanol–water partition coefficient (Wildman–Crippen LogP) is -3.29. The monoisotopic (exact) mass is 358 g/mol. The molecule has 1 aromatic rings. The SMILES string of the molecule is C[N+](C)(C)CC(=O)NN=Cc1ccccc1S(=O)(=O)O.[Cl-].[Na]. The van der Waals surface area contributed by atoms with Gasteiger partial charge >= 0.3 is 0 Å². The van der Waals surface area contributed by atoms with Crippen molar-refractivity contribution in [1.82, 2.24) is 5.43 Å². The normalized spacial score (nSPS) is 11.5. The number of carbonyl (C=O) groups is 1. The number of quaternary nitrogens is 1. The largest absolute Gasteiger partial charge is 1.00 e. The second-order valence-electron chi connectivity index (χ2n) is 5.25.